The highest BCUT2D eigenvalue weighted by molar-refractivity contribution is 6.20. The van der Waals surface area contributed by atoms with E-state index in [-0.39, 0.29) is 30.6 Å². The topological polar surface area (TPSA) is 79.4 Å². The number of amides is 3. The van der Waals surface area contributed by atoms with Crippen LogP contribution in [-0.2, 0) is 4.79 Å². The minimum Gasteiger partial charge on any atom is -0.351 e. The average Bonchev–Trinajstić information content (AvgIpc) is 2.86. The van der Waals surface area contributed by atoms with Gasteiger partial charge in [0.2, 0.25) is 5.91 Å². The Labute approximate surface area is 138 Å². The summed E-state index contributed by atoms with van der Waals surface area (Å²) in [7, 11) is 0. The summed E-state index contributed by atoms with van der Waals surface area (Å²) >= 11 is 0. The maximum Gasteiger partial charge on any atom is 0.280 e. The van der Waals surface area contributed by atoms with E-state index in [9.17, 15) is 14.4 Å². The van der Waals surface area contributed by atoms with Crippen molar-refractivity contribution in [1.82, 2.24) is 15.2 Å². The molecule has 24 heavy (non-hydrogen) atoms. The van der Waals surface area contributed by atoms with Crippen LogP contribution in [0.2, 0.25) is 0 Å². The van der Waals surface area contributed by atoms with Crippen molar-refractivity contribution in [1.29, 1.82) is 0 Å². The number of benzene rings is 1. The number of nitrogens with one attached hydrogen (secondary N) is 1. The lowest BCUT2D eigenvalue weighted by Crippen LogP contribution is -2.37. The Morgan fingerprint density at radius 2 is 1.88 bits per heavy atom. The second kappa shape index (κ2) is 6.87. The van der Waals surface area contributed by atoms with E-state index >= 15 is 0 Å². The number of imide groups is 1. The predicted molar refractivity (Wildman–Crippen MR) is 88.1 cm³/mol. The van der Waals surface area contributed by atoms with Crippen molar-refractivity contribution in [3.63, 3.8) is 0 Å². The summed E-state index contributed by atoms with van der Waals surface area (Å²) in [5, 5.41) is 2.66. The summed E-state index contributed by atoms with van der Waals surface area (Å²) in [5.74, 6) is -1.09. The molecule has 1 aromatic carbocycles. The normalized spacial score (nSPS) is 13.4. The molecule has 0 unspecified atom stereocenters. The summed E-state index contributed by atoms with van der Waals surface area (Å²) in [6, 6.07) is 12.6. The number of fused-ring (bicyclic) bond motifs is 1. The summed E-state index contributed by atoms with van der Waals surface area (Å²) in [6.45, 7) is 0.294. The minimum absolute atomic E-state index is 0.110. The molecule has 0 atom stereocenters. The summed E-state index contributed by atoms with van der Waals surface area (Å²) in [4.78, 5) is 41.0. The second-order valence-electron chi connectivity index (χ2n) is 5.20. The Bertz CT molecular complexity index is 780. The van der Waals surface area contributed by atoms with Gasteiger partial charge in [0.25, 0.3) is 11.8 Å². The van der Waals surface area contributed by atoms with E-state index in [1.807, 2.05) is 30.3 Å². The molecule has 3 amide bonds. The molecule has 1 aliphatic heterocycles. The van der Waals surface area contributed by atoms with E-state index in [1.54, 1.807) is 18.2 Å². The number of nitrogens with zero attached hydrogens (tertiary/aromatic N) is 2. The minimum atomic E-state index is -0.426. The van der Waals surface area contributed by atoms with Gasteiger partial charge in [-0.1, -0.05) is 30.3 Å². The first-order valence-corrected chi connectivity index (χ1v) is 7.49. The summed E-state index contributed by atoms with van der Waals surface area (Å²) < 4.78 is 0. The summed E-state index contributed by atoms with van der Waals surface area (Å²) in [6.07, 6.45) is 4.59. The van der Waals surface area contributed by atoms with Crippen molar-refractivity contribution in [2.75, 3.05) is 13.1 Å². The van der Waals surface area contributed by atoms with Gasteiger partial charge in [0.05, 0.1) is 5.56 Å². The van der Waals surface area contributed by atoms with Gasteiger partial charge in [0.1, 0.15) is 5.69 Å². The fourth-order valence-corrected chi connectivity index (χ4v) is 2.40. The van der Waals surface area contributed by atoms with Gasteiger partial charge in [-0.05, 0) is 23.8 Å². The lowest BCUT2D eigenvalue weighted by molar-refractivity contribution is -0.116. The molecular formula is C18H15N3O3. The zero-order valence-electron chi connectivity index (χ0n) is 12.8. The van der Waals surface area contributed by atoms with Crippen molar-refractivity contribution >= 4 is 23.8 Å². The zero-order valence-corrected chi connectivity index (χ0v) is 12.8. The molecule has 2 aromatic rings. The predicted octanol–water partition coefficient (Wildman–Crippen LogP) is 1.51. The first-order chi connectivity index (χ1) is 11.7. The molecule has 3 rings (SSSR count). The first kappa shape index (κ1) is 15.6. The van der Waals surface area contributed by atoms with Gasteiger partial charge in [-0.3, -0.25) is 24.3 Å². The number of pyridine rings is 1. The van der Waals surface area contributed by atoms with Crippen LogP contribution >= 0.6 is 0 Å². The Balaban J connectivity index is 1.52. The third-order valence-electron chi connectivity index (χ3n) is 3.59. The highest BCUT2D eigenvalue weighted by atomic mass is 16.2. The highest BCUT2D eigenvalue weighted by Crippen LogP contribution is 2.19. The van der Waals surface area contributed by atoms with Crippen LogP contribution in [0.3, 0.4) is 0 Å². The van der Waals surface area contributed by atoms with Crippen molar-refractivity contribution in [3.05, 3.63) is 71.6 Å². The molecule has 6 heteroatoms. The summed E-state index contributed by atoms with van der Waals surface area (Å²) in [5.41, 5.74) is 1.38. The molecule has 2 heterocycles. The molecule has 1 N–H and O–H groups in total. The van der Waals surface area contributed by atoms with E-state index in [1.165, 1.54) is 12.3 Å². The second-order valence-corrected chi connectivity index (χ2v) is 5.20. The van der Waals surface area contributed by atoms with Gasteiger partial charge in [0, 0.05) is 25.4 Å². The Kier molecular flexibility index (Phi) is 4.47. The maximum atomic E-state index is 12.1. The van der Waals surface area contributed by atoms with E-state index in [4.69, 9.17) is 0 Å². The van der Waals surface area contributed by atoms with Crippen LogP contribution < -0.4 is 5.32 Å². The lowest BCUT2D eigenvalue weighted by Gasteiger charge is -2.13. The fraction of sp³-hybridized carbons (Fsp3) is 0.111. The Morgan fingerprint density at radius 3 is 2.62 bits per heavy atom. The van der Waals surface area contributed by atoms with E-state index in [2.05, 4.69) is 10.3 Å². The molecule has 0 bridgehead atoms. The van der Waals surface area contributed by atoms with Crippen molar-refractivity contribution < 1.29 is 14.4 Å². The van der Waals surface area contributed by atoms with Gasteiger partial charge < -0.3 is 5.32 Å². The number of hydrogen-bond donors (Lipinski definition) is 1. The van der Waals surface area contributed by atoms with Gasteiger partial charge in [0.15, 0.2) is 0 Å². The quantitative estimate of drug-likeness (QED) is 0.669. The third-order valence-corrected chi connectivity index (χ3v) is 3.59. The van der Waals surface area contributed by atoms with Crippen LogP contribution in [0.25, 0.3) is 6.08 Å². The molecule has 0 aliphatic carbocycles. The van der Waals surface area contributed by atoms with Gasteiger partial charge in [-0.25, -0.2) is 0 Å². The Hall–Kier alpha value is -3.28. The van der Waals surface area contributed by atoms with Crippen LogP contribution in [0.5, 0.6) is 0 Å². The third kappa shape index (κ3) is 3.22. The van der Waals surface area contributed by atoms with Crippen LogP contribution in [0.1, 0.15) is 26.4 Å². The number of carbonyl (C=O) groups excluding carboxylic acids is 3. The van der Waals surface area contributed by atoms with Crippen LogP contribution in [-0.4, -0.2) is 40.7 Å². The molecule has 0 saturated heterocycles. The van der Waals surface area contributed by atoms with E-state index in [0.717, 1.165) is 10.5 Å². The fourth-order valence-electron chi connectivity index (χ4n) is 2.40. The lowest BCUT2D eigenvalue weighted by atomic mass is 10.2. The SMILES string of the molecule is O=C(C=Cc1ccccc1)NCCN1C(=O)c2cccnc2C1=O. The molecule has 0 saturated carbocycles. The molecule has 120 valence electrons. The zero-order chi connectivity index (χ0) is 16.9. The molecule has 1 aromatic heterocycles. The highest BCUT2D eigenvalue weighted by Gasteiger charge is 2.36. The van der Waals surface area contributed by atoms with Crippen molar-refractivity contribution in [3.8, 4) is 0 Å². The van der Waals surface area contributed by atoms with Crippen LogP contribution in [0, 0.1) is 0 Å². The van der Waals surface area contributed by atoms with Gasteiger partial charge in [-0.15, -0.1) is 0 Å². The monoisotopic (exact) mass is 321 g/mol. The van der Waals surface area contributed by atoms with Gasteiger partial charge in [-0.2, -0.15) is 0 Å². The average molecular weight is 321 g/mol. The number of aromatic nitrogens is 1. The van der Waals surface area contributed by atoms with Crippen molar-refractivity contribution in [2.45, 2.75) is 0 Å². The number of hydrogen-bond acceptors (Lipinski definition) is 4. The first-order valence-electron chi connectivity index (χ1n) is 7.49. The molecule has 0 radical (unpaired) electrons. The van der Waals surface area contributed by atoms with Crippen LogP contribution in [0.15, 0.2) is 54.7 Å². The number of carbonyl (C=O) groups is 3. The van der Waals surface area contributed by atoms with Crippen LogP contribution in [0.4, 0.5) is 0 Å². The molecule has 0 fully saturated rings. The van der Waals surface area contributed by atoms with E-state index < -0.39 is 5.91 Å². The smallest absolute Gasteiger partial charge is 0.280 e. The maximum absolute atomic E-state index is 12.1. The van der Waals surface area contributed by atoms with Crippen molar-refractivity contribution in [2.24, 2.45) is 0 Å². The standard InChI is InChI=1S/C18H15N3O3/c22-15(9-8-13-5-2-1-3-6-13)19-11-12-21-17(23)14-7-4-10-20-16(14)18(21)24/h1-10H,11-12H2,(H,19,22). The molecular weight excluding hydrogens is 306 g/mol. The van der Waals surface area contributed by atoms with Gasteiger partial charge >= 0.3 is 0 Å². The molecule has 0 spiro atoms. The Morgan fingerprint density at radius 1 is 1.08 bits per heavy atom. The number of rotatable bonds is 5. The molecule has 1 aliphatic rings. The largest absolute Gasteiger partial charge is 0.351 e. The van der Waals surface area contributed by atoms with E-state index in [0.29, 0.717) is 5.56 Å². The molecule has 6 nitrogen and oxygen atoms in total.